The molecule has 1 aliphatic rings. The lowest BCUT2D eigenvalue weighted by molar-refractivity contribution is -0.127. The summed E-state index contributed by atoms with van der Waals surface area (Å²) < 4.78 is 0. The van der Waals surface area contributed by atoms with E-state index in [2.05, 4.69) is 19.2 Å². The van der Waals surface area contributed by atoms with E-state index in [9.17, 15) is 4.79 Å². The fourth-order valence-corrected chi connectivity index (χ4v) is 2.07. The van der Waals surface area contributed by atoms with Gasteiger partial charge >= 0.3 is 0 Å². The van der Waals surface area contributed by atoms with Crippen LogP contribution in [-0.4, -0.2) is 23.7 Å². The maximum absolute atomic E-state index is 11.8. The molecule has 1 unspecified atom stereocenters. The number of aliphatic hydroxyl groups is 1. The molecule has 3 nitrogen and oxygen atoms in total. The Bertz CT molecular complexity index is 216. The van der Waals surface area contributed by atoms with Gasteiger partial charge in [0.25, 0.3) is 0 Å². The van der Waals surface area contributed by atoms with Gasteiger partial charge in [-0.2, -0.15) is 0 Å². The quantitative estimate of drug-likeness (QED) is 0.749. The highest BCUT2D eigenvalue weighted by molar-refractivity contribution is 5.79. The van der Waals surface area contributed by atoms with Crippen LogP contribution in [0.2, 0.25) is 0 Å². The first kappa shape index (κ1) is 12.5. The Morgan fingerprint density at radius 2 is 2.00 bits per heavy atom. The van der Waals surface area contributed by atoms with Crippen LogP contribution in [0.4, 0.5) is 0 Å². The third kappa shape index (κ3) is 3.82. The lowest BCUT2D eigenvalue weighted by Crippen LogP contribution is -2.40. The Kier molecular flexibility index (Phi) is 4.14. The minimum Gasteiger partial charge on any atom is -0.394 e. The molecule has 0 heterocycles. The zero-order valence-corrected chi connectivity index (χ0v) is 10.0. The molecular formula is C12H23NO2. The number of amides is 1. The van der Waals surface area contributed by atoms with E-state index in [0.29, 0.717) is 5.41 Å². The van der Waals surface area contributed by atoms with Crippen LogP contribution >= 0.6 is 0 Å². The molecule has 0 radical (unpaired) electrons. The summed E-state index contributed by atoms with van der Waals surface area (Å²) in [6.07, 6.45) is 4.21. The highest BCUT2D eigenvalue weighted by Gasteiger charge is 2.30. The molecule has 1 rings (SSSR count). The predicted octanol–water partition coefficient (Wildman–Crippen LogP) is 1.70. The van der Waals surface area contributed by atoms with Gasteiger partial charge in [-0.1, -0.05) is 13.8 Å². The van der Waals surface area contributed by atoms with Gasteiger partial charge in [-0.05, 0) is 38.0 Å². The third-order valence-electron chi connectivity index (χ3n) is 3.37. The Morgan fingerprint density at radius 3 is 2.47 bits per heavy atom. The largest absolute Gasteiger partial charge is 0.394 e. The highest BCUT2D eigenvalue weighted by atomic mass is 16.3. The normalized spacial score (nSPS) is 23.5. The van der Waals surface area contributed by atoms with Crippen LogP contribution in [0, 0.1) is 11.3 Å². The van der Waals surface area contributed by atoms with Crippen molar-refractivity contribution in [1.29, 1.82) is 0 Å². The van der Waals surface area contributed by atoms with Gasteiger partial charge in [0.15, 0.2) is 0 Å². The van der Waals surface area contributed by atoms with Crippen LogP contribution in [0.25, 0.3) is 0 Å². The first-order valence-corrected chi connectivity index (χ1v) is 5.86. The average Bonchev–Trinajstić information content (AvgIpc) is 2.17. The molecule has 0 spiro atoms. The van der Waals surface area contributed by atoms with Crippen molar-refractivity contribution < 1.29 is 9.90 Å². The smallest absolute Gasteiger partial charge is 0.223 e. The fraction of sp³-hybridized carbons (Fsp3) is 0.917. The second kappa shape index (κ2) is 4.97. The molecule has 1 atom stereocenters. The van der Waals surface area contributed by atoms with E-state index in [-0.39, 0.29) is 24.5 Å². The summed E-state index contributed by atoms with van der Waals surface area (Å²) in [6.45, 7) is 6.36. The molecule has 0 saturated heterocycles. The van der Waals surface area contributed by atoms with E-state index in [0.717, 1.165) is 25.7 Å². The summed E-state index contributed by atoms with van der Waals surface area (Å²) in [5, 5.41) is 11.7. The van der Waals surface area contributed by atoms with Crippen molar-refractivity contribution in [3.05, 3.63) is 0 Å². The maximum Gasteiger partial charge on any atom is 0.223 e. The highest BCUT2D eigenvalue weighted by Crippen LogP contribution is 2.37. The SMILES string of the molecule is CC(CO)NC(=O)C1CCC(C)(C)CC1. The van der Waals surface area contributed by atoms with Crippen molar-refractivity contribution in [2.45, 2.75) is 52.5 Å². The van der Waals surface area contributed by atoms with Gasteiger partial charge in [0, 0.05) is 12.0 Å². The van der Waals surface area contributed by atoms with Crippen LogP contribution in [0.1, 0.15) is 46.5 Å². The van der Waals surface area contributed by atoms with Crippen molar-refractivity contribution in [3.8, 4) is 0 Å². The number of rotatable bonds is 3. The van der Waals surface area contributed by atoms with Gasteiger partial charge in [-0.25, -0.2) is 0 Å². The molecule has 3 heteroatoms. The van der Waals surface area contributed by atoms with Gasteiger partial charge in [-0.3, -0.25) is 4.79 Å². The van der Waals surface area contributed by atoms with Crippen LogP contribution in [0.5, 0.6) is 0 Å². The van der Waals surface area contributed by atoms with Crippen molar-refractivity contribution >= 4 is 5.91 Å². The molecule has 1 fully saturated rings. The molecule has 88 valence electrons. The Labute approximate surface area is 92.3 Å². The second-order valence-electron chi connectivity index (χ2n) is 5.53. The molecule has 0 bridgehead atoms. The van der Waals surface area contributed by atoms with Crippen LogP contribution in [-0.2, 0) is 4.79 Å². The summed E-state index contributed by atoms with van der Waals surface area (Å²) >= 11 is 0. The molecule has 1 aliphatic carbocycles. The maximum atomic E-state index is 11.8. The van der Waals surface area contributed by atoms with E-state index in [1.54, 1.807) is 0 Å². The second-order valence-corrected chi connectivity index (χ2v) is 5.53. The average molecular weight is 213 g/mol. The molecule has 1 amide bonds. The minimum atomic E-state index is -0.118. The number of hydrogen-bond acceptors (Lipinski definition) is 2. The zero-order valence-electron chi connectivity index (χ0n) is 10.0. The minimum absolute atomic E-state index is 0.0178. The summed E-state index contributed by atoms with van der Waals surface area (Å²) in [4.78, 5) is 11.8. The first-order valence-electron chi connectivity index (χ1n) is 5.86. The molecule has 0 aromatic rings. The molecule has 1 saturated carbocycles. The topological polar surface area (TPSA) is 49.3 Å². The van der Waals surface area contributed by atoms with Gasteiger partial charge < -0.3 is 10.4 Å². The van der Waals surface area contributed by atoms with Gasteiger partial charge in [0.05, 0.1) is 6.61 Å². The molecule has 0 aliphatic heterocycles. The lowest BCUT2D eigenvalue weighted by Gasteiger charge is -2.33. The van der Waals surface area contributed by atoms with Gasteiger partial charge in [0.1, 0.15) is 0 Å². The third-order valence-corrected chi connectivity index (χ3v) is 3.37. The Morgan fingerprint density at radius 1 is 1.47 bits per heavy atom. The number of nitrogens with one attached hydrogen (secondary N) is 1. The molecule has 0 aromatic heterocycles. The predicted molar refractivity (Wildman–Crippen MR) is 60.4 cm³/mol. The van der Waals surface area contributed by atoms with E-state index in [4.69, 9.17) is 5.11 Å². The Balaban J connectivity index is 2.36. The molecular weight excluding hydrogens is 190 g/mol. The van der Waals surface area contributed by atoms with Crippen LogP contribution < -0.4 is 5.32 Å². The van der Waals surface area contributed by atoms with Crippen LogP contribution in [0.15, 0.2) is 0 Å². The van der Waals surface area contributed by atoms with Crippen molar-refractivity contribution in [3.63, 3.8) is 0 Å². The lowest BCUT2D eigenvalue weighted by atomic mass is 9.73. The monoisotopic (exact) mass is 213 g/mol. The molecule has 0 aromatic carbocycles. The number of aliphatic hydroxyl groups excluding tert-OH is 1. The number of carbonyl (C=O) groups excluding carboxylic acids is 1. The summed E-state index contributed by atoms with van der Waals surface area (Å²) in [6, 6.07) is -0.118. The van der Waals surface area contributed by atoms with E-state index in [1.807, 2.05) is 6.92 Å². The summed E-state index contributed by atoms with van der Waals surface area (Å²) in [7, 11) is 0. The first-order chi connectivity index (χ1) is 6.94. The number of hydrogen-bond donors (Lipinski definition) is 2. The summed E-state index contributed by atoms with van der Waals surface area (Å²) in [5.74, 6) is 0.277. The van der Waals surface area contributed by atoms with Crippen molar-refractivity contribution in [1.82, 2.24) is 5.32 Å². The van der Waals surface area contributed by atoms with E-state index >= 15 is 0 Å². The Hall–Kier alpha value is -0.570. The van der Waals surface area contributed by atoms with Gasteiger partial charge in [0.2, 0.25) is 5.91 Å². The van der Waals surface area contributed by atoms with Crippen molar-refractivity contribution in [2.75, 3.05) is 6.61 Å². The molecule has 15 heavy (non-hydrogen) atoms. The van der Waals surface area contributed by atoms with Crippen molar-refractivity contribution in [2.24, 2.45) is 11.3 Å². The van der Waals surface area contributed by atoms with E-state index in [1.165, 1.54) is 0 Å². The fourth-order valence-electron chi connectivity index (χ4n) is 2.07. The zero-order chi connectivity index (χ0) is 11.5. The van der Waals surface area contributed by atoms with E-state index < -0.39 is 0 Å². The van der Waals surface area contributed by atoms with Gasteiger partial charge in [-0.15, -0.1) is 0 Å². The molecule has 2 N–H and O–H groups in total. The standard InChI is InChI=1S/C12H23NO2/c1-9(8-14)13-11(15)10-4-6-12(2,3)7-5-10/h9-10,14H,4-8H2,1-3H3,(H,13,15). The summed E-state index contributed by atoms with van der Waals surface area (Å²) in [5.41, 5.74) is 0.402. The number of carbonyl (C=O) groups is 1. The van der Waals surface area contributed by atoms with Crippen LogP contribution in [0.3, 0.4) is 0 Å².